The highest BCUT2D eigenvalue weighted by molar-refractivity contribution is 5.80. The number of amides is 1. The number of methoxy groups -OCH3 is 1. The number of ether oxygens (including phenoxy) is 1. The highest BCUT2D eigenvalue weighted by atomic mass is 16.5. The van der Waals surface area contributed by atoms with Gasteiger partial charge in [-0.2, -0.15) is 0 Å². The van der Waals surface area contributed by atoms with Crippen LogP contribution in [0, 0.1) is 0 Å². The molecule has 144 valence electrons. The van der Waals surface area contributed by atoms with Crippen molar-refractivity contribution in [2.75, 3.05) is 38.2 Å². The number of fused-ring (bicyclic) bond motifs is 1. The highest BCUT2D eigenvalue weighted by Crippen LogP contribution is 2.22. The molecule has 0 atom stereocenters. The Hall–Kier alpha value is -3.35. The fourth-order valence-electron chi connectivity index (χ4n) is 3.53. The molecule has 1 aliphatic heterocycles. The molecule has 7 nitrogen and oxygen atoms in total. The molecule has 0 unspecified atom stereocenters. The van der Waals surface area contributed by atoms with E-state index < -0.39 is 0 Å². The van der Waals surface area contributed by atoms with E-state index in [-0.39, 0.29) is 18.0 Å². The summed E-state index contributed by atoms with van der Waals surface area (Å²) in [6, 6.07) is 15.3. The van der Waals surface area contributed by atoms with Crippen molar-refractivity contribution in [1.29, 1.82) is 0 Å². The van der Waals surface area contributed by atoms with Crippen LogP contribution in [0.5, 0.6) is 5.75 Å². The van der Waals surface area contributed by atoms with Crippen molar-refractivity contribution in [2.24, 2.45) is 0 Å². The summed E-state index contributed by atoms with van der Waals surface area (Å²) in [5, 5.41) is 0. The zero-order valence-corrected chi connectivity index (χ0v) is 15.7. The van der Waals surface area contributed by atoms with E-state index >= 15 is 0 Å². The van der Waals surface area contributed by atoms with Crippen molar-refractivity contribution in [3.8, 4) is 5.75 Å². The first-order valence-corrected chi connectivity index (χ1v) is 9.27. The van der Waals surface area contributed by atoms with Gasteiger partial charge in [-0.3, -0.25) is 14.2 Å². The van der Waals surface area contributed by atoms with E-state index in [1.807, 2.05) is 53.4 Å². The molecular formula is C21H22N4O3. The van der Waals surface area contributed by atoms with Crippen LogP contribution in [-0.4, -0.2) is 53.6 Å². The summed E-state index contributed by atoms with van der Waals surface area (Å²) in [4.78, 5) is 33.3. The van der Waals surface area contributed by atoms with Gasteiger partial charge in [-0.15, -0.1) is 0 Å². The molecule has 1 saturated heterocycles. The Labute approximate surface area is 162 Å². The molecule has 0 bridgehead atoms. The second-order valence-corrected chi connectivity index (χ2v) is 6.74. The van der Waals surface area contributed by atoms with Crippen LogP contribution in [0.1, 0.15) is 0 Å². The quantitative estimate of drug-likeness (QED) is 0.692. The third-order valence-electron chi connectivity index (χ3n) is 5.10. The number of nitrogens with zero attached hydrogens (tertiary/aromatic N) is 4. The number of rotatable bonds is 4. The molecule has 0 saturated carbocycles. The molecule has 1 aliphatic rings. The van der Waals surface area contributed by atoms with Gasteiger partial charge in [0.1, 0.15) is 12.3 Å². The Kier molecular flexibility index (Phi) is 4.97. The van der Waals surface area contributed by atoms with E-state index in [9.17, 15) is 9.59 Å². The van der Waals surface area contributed by atoms with E-state index in [0.29, 0.717) is 24.1 Å². The average molecular weight is 378 g/mol. The van der Waals surface area contributed by atoms with Crippen molar-refractivity contribution in [2.45, 2.75) is 6.54 Å². The normalized spacial score (nSPS) is 14.3. The van der Waals surface area contributed by atoms with E-state index in [1.54, 1.807) is 7.11 Å². The minimum atomic E-state index is -0.262. The summed E-state index contributed by atoms with van der Waals surface area (Å²) >= 11 is 0. The van der Waals surface area contributed by atoms with E-state index in [1.165, 1.54) is 10.8 Å². The van der Waals surface area contributed by atoms with Crippen molar-refractivity contribution in [3.05, 3.63) is 65.1 Å². The molecule has 4 rings (SSSR count). The summed E-state index contributed by atoms with van der Waals surface area (Å²) in [5.74, 6) is 0.767. The number of carbonyl (C=O) groups is 1. The second kappa shape index (κ2) is 7.72. The van der Waals surface area contributed by atoms with Crippen LogP contribution in [0.4, 0.5) is 5.69 Å². The fourth-order valence-corrected chi connectivity index (χ4v) is 3.53. The number of hydrogen-bond donors (Lipinski definition) is 0. The van der Waals surface area contributed by atoms with Gasteiger partial charge in [0.15, 0.2) is 0 Å². The molecule has 0 spiro atoms. The number of hydrogen-bond acceptors (Lipinski definition) is 5. The largest absolute Gasteiger partial charge is 0.497 e. The monoisotopic (exact) mass is 378 g/mol. The van der Waals surface area contributed by atoms with E-state index in [4.69, 9.17) is 4.74 Å². The maximum atomic E-state index is 12.8. The maximum absolute atomic E-state index is 12.8. The molecule has 1 aromatic heterocycles. The van der Waals surface area contributed by atoms with Crippen molar-refractivity contribution >= 4 is 22.6 Å². The highest BCUT2D eigenvalue weighted by Gasteiger charge is 2.22. The Morgan fingerprint density at radius 3 is 2.64 bits per heavy atom. The minimum absolute atomic E-state index is 0.0288. The average Bonchev–Trinajstić information content (AvgIpc) is 2.76. The fraction of sp³-hybridized carbons (Fsp3) is 0.286. The Balaban J connectivity index is 1.45. The van der Waals surface area contributed by atoms with Crippen LogP contribution in [0.3, 0.4) is 0 Å². The molecule has 1 amide bonds. The van der Waals surface area contributed by atoms with Crippen LogP contribution in [-0.2, 0) is 11.3 Å². The smallest absolute Gasteiger partial charge is 0.269 e. The molecule has 28 heavy (non-hydrogen) atoms. The van der Waals surface area contributed by atoms with Crippen molar-refractivity contribution in [3.63, 3.8) is 0 Å². The Morgan fingerprint density at radius 2 is 1.86 bits per heavy atom. The summed E-state index contributed by atoms with van der Waals surface area (Å²) in [6.07, 6.45) is 1.27. The SMILES string of the molecule is COc1cccc(N2CCN(C(=O)Cn3c(=O)cnc4ccccc43)CC2)c1. The predicted molar refractivity (Wildman–Crippen MR) is 108 cm³/mol. The van der Waals surface area contributed by atoms with Crippen LogP contribution >= 0.6 is 0 Å². The number of benzene rings is 2. The maximum Gasteiger partial charge on any atom is 0.269 e. The number of piperazine rings is 1. The van der Waals surface area contributed by atoms with Crippen LogP contribution in [0.2, 0.25) is 0 Å². The molecular weight excluding hydrogens is 356 g/mol. The molecule has 0 aliphatic carbocycles. The molecule has 2 heterocycles. The lowest BCUT2D eigenvalue weighted by Crippen LogP contribution is -2.50. The topological polar surface area (TPSA) is 67.7 Å². The lowest BCUT2D eigenvalue weighted by molar-refractivity contribution is -0.132. The number of carbonyl (C=O) groups excluding carboxylic acids is 1. The van der Waals surface area contributed by atoms with Crippen molar-refractivity contribution in [1.82, 2.24) is 14.5 Å². The number of para-hydroxylation sites is 2. The first-order valence-electron chi connectivity index (χ1n) is 9.27. The van der Waals surface area contributed by atoms with Gasteiger partial charge >= 0.3 is 0 Å². The first-order chi connectivity index (χ1) is 13.7. The molecule has 3 aromatic rings. The summed E-state index contributed by atoms with van der Waals surface area (Å²) in [6.45, 7) is 2.75. The summed E-state index contributed by atoms with van der Waals surface area (Å²) in [7, 11) is 1.65. The second-order valence-electron chi connectivity index (χ2n) is 6.74. The van der Waals surface area contributed by atoms with Gasteiger partial charge in [0.05, 0.1) is 24.3 Å². The predicted octanol–water partition coefficient (Wildman–Crippen LogP) is 1.75. The zero-order valence-electron chi connectivity index (χ0n) is 15.7. The first kappa shape index (κ1) is 18.0. The Morgan fingerprint density at radius 1 is 1.07 bits per heavy atom. The molecule has 0 radical (unpaired) electrons. The summed E-state index contributed by atoms with van der Waals surface area (Å²) < 4.78 is 6.79. The Bertz CT molecular complexity index is 1050. The third-order valence-corrected chi connectivity index (χ3v) is 5.10. The van der Waals surface area contributed by atoms with Crippen LogP contribution < -0.4 is 15.2 Å². The van der Waals surface area contributed by atoms with Crippen LogP contribution in [0.15, 0.2) is 59.5 Å². The van der Waals surface area contributed by atoms with Gasteiger partial charge in [0, 0.05) is 37.9 Å². The minimum Gasteiger partial charge on any atom is -0.497 e. The van der Waals surface area contributed by atoms with Gasteiger partial charge in [-0.25, -0.2) is 4.98 Å². The molecule has 7 heteroatoms. The molecule has 2 aromatic carbocycles. The van der Waals surface area contributed by atoms with Gasteiger partial charge in [0.25, 0.3) is 5.56 Å². The van der Waals surface area contributed by atoms with Crippen LogP contribution in [0.25, 0.3) is 11.0 Å². The van der Waals surface area contributed by atoms with Gasteiger partial charge in [-0.05, 0) is 24.3 Å². The lowest BCUT2D eigenvalue weighted by atomic mass is 10.2. The molecule has 1 fully saturated rings. The van der Waals surface area contributed by atoms with Crippen molar-refractivity contribution < 1.29 is 9.53 Å². The lowest BCUT2D eigenvalue weighted by Gasteiger charge is -2.36. The van der Waals surface area contributed by atoms with E-state index in [2.05, 4.69) is 9.88 Å². The summed E-state index contributed by atoms with van der Waals surface area (Å²) in [5.41, 5.74) is 2.21. The van der Waals surface area contributed by atoms with Gasteiger partial charge in [-0.1, -0.05) is 18.2 Å². The standard InChI is InChI=1S/C21H22N4O3/c1-28-17-6-4-5-16(13-17)23-9-11-24(12-10-23)21(27)15-25-19-8-3-2-7-18(19)22-14-20(25)26/h2-8,13-14H,9-12,15H2,1H3. The zero-order chi connectivity index (χ0) is 19.5. The third kappa shape index (κ3) is 3.55. The molecule has 0 N–H and O–H groups in total. The number of aromatic nitrogens is 2. The van der Waals surface area contributed by atoms with Gasteiger partial charge < -0.3 is 14.5 Å². The van der Waals surface area contributed by atoms with Gasteiger partial charge in [0.2, 0.25) is 5.91 Å². The van der Waals surface area contributed by atoms with E-state index in [0.717, 1.165) is 24.5 Å². The number of anilines is 1.